The van der Waals surface area contributed by atoms with Gasteiger partial charge in [-0.1, -0.05) is 115 Å². The Morgan fingerprint density at radius 3 is 1.65 bits per heavy atom. The SMILES string of the molecule is CCCCCCCCCCCCCCCCCCNC(=O)C(C)n1nc(C)c(Cl)c1C. The maximum absolute atomic E-state index is 12.4. The molecule has 1 unspecified atom stereocenters. The first-order valence-electron chi connectivity index (χ1n) is 13.0. The van der Waals surface area contributed by atoms with Crippen molar-refractivity contribution in [2.45, 2.75) is 136 Å². The molecule has 0 saturated carbocycles. The Morgan fingerprint density at radius 2 is 1.26 bits per heavy atom. The monoisotopic (exact) mass is 453 g/mol. The van der Waals surface area contributed by atoms with Crippen LogP contribution in [-0.2, 0) is 4.79 Å². The number of hydrogen-bond donors (Lipinski definition) is 1. The van der Waals surface area contributed by atoms with Crippen molar-refractivity contribution in [3.8, 4) is 0 Å². The maximum atomic E-state index is 12.4. The van der Waals surface area contributed by atoms with Gasteiger partial charge in [0.25, 0.3) is 0 Å². The molecule has 0 spiro atoms. The van der Waals surface area contributed by atoms with Crippen LogP contribution >= 0.6 is 11.6 Å². The maximum Gasteiger partial charge on any atom is 0.244 e. The highest BCUT2D eigenvalue weighted by Crippen LogP contribution is 2.22. The van der Waals surface area contributed by atoms with Crippen LogP contribution in [0.25, 0.3) is 0 Å². The zero-order chi connectivity index (χ0) is 22.9. The summed E-state index contributed by atoms with van der Waals surface area (Å²) >= 11 is 6.19. The highest BCUT2D eigenvalue weighted by atomic mass is 35.5. The smallest absolute Gasteiger partial charge is 0.244 e. The molecule has 0 aromatic carbocycles. The lowest BCUT2D eigenvalue weighted by molar-refractivity contribution is -0.124. The summed E-state index contributed by atoms with van der Waals surface area (Å²) in [5.41, 5.74) is 1.63. The lowest BCUT2D eigenvalue weighted by Gasteiger charge is -2.14. The fraction of sp³-hybridized carbons (Fsp3) is 0.846. The van der Waals surface area contributed by atoms with Crippen LogP contribution in [0.15, 0.2) is 0 Å². The Bertz CT molecular complexity index is 600. The third-order valence-electron chi connectivity index (χ3n) is 6.31. The highest BCUT2D eigenvalue weighted by Gasteiger charge is 2.19. The second-order valence-corrected chi connectivity index (χ2v) is 9.58. The van der Waals surface area contributed by atoms with Crippen LogP contribution in [0.3, 0.4) is 0 Å². The van der Waals surface area contributed by atoms with Crippen molar-refractivity contribution in [2.24, 2.45) is 0 Å². The molecule has 1 atom stereocenters. The van der Waals surface area contributed by atoms with Crippen LogP contribution in [0.2, 0.25) is 5.02 Å². The van der Waals surface area contributed by atoms with Crippen LogP contribution in [0.1, 0.15) is 134 Å². The van der Waals surface area contributed by atoms with Crippen molar-refractivity contribution in [3.63, 3.8) is 0 Å². The molecule has 0 radical (unpaired) electrons. The first kappa shape index (κ1) is 28.0. The molecule has 1 aromatic heterocycles. The van der Waals surface area contributed by atoms with E-state index in [-0.39, 0.29) is 11.9 Å². The lowest BCUT2D eigenvalue weighted by atomic mass is 10.0. The van der Waals surface area contributed by atoms with Gasteiger partial charge in [-0.2, -0.15) is 5.10 Å². The molecule has 1 aromatic rings. The molecule has 0 aliphatic rings. The minimum absolute atomic E-state index is 0.0169. The number of hydrogen-bond acceptors (Lipinski definition) is 2. The van der Waals surface area contributed by atoms with E-state index in [0.29, 0.717) is 5.02 Å². The number of unbranched alkanes of at least 4 members (excludes halogenated alkanes) is 15. The van der Waals surface area contributed by atoms with E-state index in [1.807, 2.05) is 20.8 Å². The number of halogens is 1. The molecule has 0 fully saturated rings. The molecule has 1 heterocycles. The second-order valence-electron chi connectivity index (χ2n) is 9.20. The quantitative estimate of drug-likeness (QED) is 0.215. The normalized spacial score (nSPS) is 12.3. The van der Waals surface area contributed by atoms with E-state index in [1.54, 1.807) is 4.68 Å². The van der Waals surface area contributed by atoms with Gasteiger partial charge in [-0.25, -0.2) is 0 Å². The summed E-state index contributed by atoms with van der Waals surface area (Å²) in [4.78, 5) is 12.4. The molecule has 0 aliphatic heterocycles. The van der Waals surface area contributed by atoms with Gasteiger partial charge in [0.2, 0.25) is 5.91 Å². The Labute approximate surface area is 196 Å². The van der Waals surface area contributed by atoms with Gasteiger partial charge in [-0.3, -0.25) is 9.48 Å². The zero-order valence-electron chi connectivity index (χ0n) is 20.8. The summed E-state index contributed by atoms with van der Waals surface area (Å²) in [6.07, 6.45) is 21.8. The second kappa shape index (κ2) is 17.5. The predicted molar refractivity (Wildman–Crippen MR) is 134 cm³/mol. The minimum atomic E-state index is -0.327. The van der Waals surface area contributed by atoms with E-state index in [1.165, 1.54) is 96.3 Å². The molecular formula is C26H48ClN3O. The van der Waals surface area contributed by atoms with Crippen molar-refractivity contribution in [2.75, 3.05) is 6.54 Å². The van der Waals surface area contributed by atoms with Crippen molar-refractivity contribution in [3.05, 3.63) is 16.4 Å². The van der Waals surface area contributed by atoms with Gasteiger partial charge in [0.15, 0.2) is 0 Å². The topological polar surface area (TPSA) is 46.9 Å². The summed E-state index contributed by atoms with van der Waals surface area (Å²) in [7, 11) is 0. The van der Waals surface area contributed by atoms with Gasteiger partial charge in [0.1, 0.15) is 6.04 Å². The molecule has 0 bridgehead atoms. The van der Waals surface area contributed by atoms with E-state index < -0.39 is 0 Å². The van der Waals surface area contributed by atoms with Gasteiger partial charge in [-0.15, -0.1) is 0 Å². The van der Waals surface area contributed by atoms with E-state index in [4.69, 9.17) is 11.6 Å². The molecule has 0 aliphatic carbocycles. The first-order valence-corrected chi connectivity index (χ1v) is 13.4. The summed E-state index contributed by atoms with van der Waals surface area (Å²) in [5.74, 6) is 0.0169. The molecule has 1 rings (SSSR count). The predicted octanol–water partition coefficient (Wildman–Crippen LogP) is 8.09. The van der Waals surface area contributed by atoms with Gasteiger partial charge in [0, 0.05) is 6.54 Å². The third-order valence-corrected chi connectivity index (χ3v) is 6.86. The average Bonchev–Trinajstić information content (AvgIpc) is 3.02. The number of nitrogens with one attached hydrogen (secondary N) is 1. The Morgan fingerprint density at radius 1 is 0.839 bits per heavy atom. The van der Waals surface area contributed by atoms with Crippen molar-refractivity contribution in [1.29, 1.82) is 0 Å². The van der Waals surface area contributed by atoms with Gasteiger partial charge in [-0.05, 0) is 27.2 Å². The Balaban J connectivity index is 1.90. The van der Waals surface area contributed by atoms with Crippen molar-refractivity contribution >= 4 is 17.5 Å². The van der Waals surface area contributed by atoms with Crippen LogP contribution < -0.4 is 5.32 Å². The molecule has 31 heavy (non-hydrogen) atoms. The van der Waals surface area contributed by atoms with Gasteiger partial charge < -0.3 is 5.32 Å². The summed E-state index contributed by atoms with van der Waals surface area (Å²) in [5, 5.41) is 8.08. The van der Waals surface area contributed by atoms with E-state index in [9.17, 15) is 4.79 Å². The average molecular weight is 454 g/mol. The molecule has 1 amide bonds. The standard InChI is InChI=1S/C26H48ClN3O/c1-5-6-7-8-9-10-11-12-13-14-15-16-17-18-19-20-21-28-26(31)24(4)30-23(3)25(27)22(2)29-30/h24H,5-21H2,1-4H3,(H,28,31). The van der Waals surface area contributed by atoms with Crippen LogP contribution in [0.4, 0.5) is 0 Å². The van der Waals surface area contributed by atoms with Crippen LogP contribution in [-0.4, -0.2) is 22.2 Å². The highest BCUT2D eigenvalue weighted by molar-refractivity contribution is 6.31. The zero-order valence-corrected chi connectivity index (χ0v) is 21.5. The minimum Gasteiger partial charge on any atom is -0.354 e. The molecule has 180 valence electrons. The molecule has 1 N–H and O–H groups in total. The largest absolute Gasteiger partial charge is 0.354 e. The van der Waals surface area contributed by atoms with Crippen LogP contribution in [0, 0.1) is 13.8 Å². The van der Waals surface area contributed by atoms with Gasteiger partial charge in [0.05, 0.1) is 16.4 Å². The molecular weight excluding hydrogens is 406 g/mol. The molecule has 0 saturated heterocycles. The number of carbonyl (C=O) groups is 1. The van der Waals surface area contributed by atoms with E-state index in [0.717, 1.165) is 24.4 Å². The number of aromatic nitrogens is 2. The fourth-order valence-electron chi connectivity index (χ4n) is 4.16. The van der Waals surface area contributed by atoms with Crippen molar-refractivity contribution < 1.29 is 4.79 Å². The number of rotatable bonds is 19. The number of aryl methyl sites for hydroxylation is 1. The Kier molecular flexibility index (Phi) is 15.8. The van der Waals surface area contributed by atoms with E-state index >= 15 is 0 Å². The summed E-state index contributed by atoms with van der Waals surface area (Å²) in [6, 6.07) is -0.327. The number of nitrogens with zero attached hydrogens (tertiary/aromatic N) is 2. The molecule has 4 nitrogen and oxygen atoms in total. The lowest BCUT2D eigenvalue weighted by Crippen LogP contribution is -2.32. The van der Waals surface area contributed by atoms with E-state index in [2.05, 4.69) is 17.3 Å². The summed E-state index contributed by atoms with van der Waals surface area (Å²) < 4.78 is 1.72. The Hall–Kier alpha value is -1.03. The molecule has 5 heteroatoms. The first-order chi connectivity index (χ1) is 15.0. The number of carbonyl (C=O) groups excluding carboxylic acids is 1. The third kappa shape index (κ3) is 12.0. The van der Waals surface area contributed by atoms with Crippen LogP contribution in [0.5, 0.6) is 0 Å². The van der Waals surface area contributed by atoms with Gasteiger partial charge >= 0.3 is 0 Å². The fourth-order valence-corrected chi connectivity index (χ4v) is 4.29. The number of amides is 1. The summed E-state index contributed by atoms with van der Waals surface area (Å²) in [6.45, 7) is 8.67. The van der Waals surface area contributed by atoms with Crippen molar-refractivity contribution in [1.82, 2.24) is 15.1 Å².